The third-order valence-corrected chi connectivity index (χ3v) is 5.08. The van der Waals surface area contributed by atoms with Crippen LogP contribution in [0.2, 0.25) is 5.23 Å². The monoisotopic (exact) mass is 250 g/mol. The van der Waals surface area contributed by atoms with E-state index in [-0.39, 0.29) is 0 Å². The van der Waals surface area contributed by atoms with Gasteiger partial charge in [0.2, 0.25) is 0 Å². The maximum absolute atomic E-state index is 5.72. The van der Waals surface area contributed by atoms with Crippen molar-refractivity contribution in [3.8, 4) is 0 Å². The zero-order valence-electron chi connectivity index (χ0n) is 9.83. The summed E-state index contributed by atoms with van der Waals surface area (Å²) in [7, 11) is 0. The molecule has 0 fully saturated rings. The Morgan fingerprint density at radius 1 is 1.07 bits per heavy atom. The van der Waals surface area contributed by atoms with Crippen LogP contribution in [0.25, 0.3) is 0 Å². The van der Waals surface area contributed by atoms with Gasteiger partial charge in [-0.25, -0.2) is 0 Å². The van der Waals surface area contributed by atoms with Gasteiger partial charge in [0.15, 0.2) is 0 Å². The van der Waals surface area contributed by atoms with E-state index in [1.54, 1.807) is 12.2 Å². The summed E-state index contributed by atoms with van der Waals surface area (Å²) < 4.78 is 16.9. The normalized spacial score (nSPS) is 11.3. The first-order chi connectivity index (χ1) is 7.18. The first kappa shape index (κ1) is 15.1. The van der Waals surface area contributed by atoms with Crippen LogP contribution in [-0.4, -0.2) is 19.8 Å². The Hall–Kier alpha value is 0.0743. The van der Waals surface area contributed by atoms with Crippen molar-refractivity contribution in [3.05, 3.63) is 25.3 Å². The number of rotatable bonds is 10. The molecule has 0 aromatic heterocycles. The fraction of sp³-hybridized carbons (Fsp3) is 0.636. The number of hydrogen-bond acceptors (Lipinski definition) is 3. The molecule has 88 valence electrons. The Balaban J connectivity index is 3.99. The van der Waals surface area contributed by atoms with Gasteiger partial charge in [-0.1, -0.05) is 0 Å². The summed E-state index contributed by atoms with van der Waals surface area (Å²) >= 11 is -2.99. The minimum absolute atomic E-state index is 0.486. The molecule has 0 aliphatic rings. The van der Waals surface area contributed by atoms with Crippen molar-refractivity contribution in [1.29, 1.82) is 0 Å². The Bertz CT molecular complexity index is 171. The molecule has 0 atom stereocenters. The van der Waals surface area contributed by atoms with Crippen LogP contribution in [0.1, 0.15) is 19.8 Å². The van der Waals surface area contributed by atoms with Crippen molar-refractivity contribution in [2.75, 3.05) is 19.8 Å². The van der Waals surface area contributed by atoms with Crippen molar-refractivity contribution >= 4 is 0 Å². The molecule has 15 heavy (non-hydrogen) atoms. The van der Waals surface area contributed by atoms with Gasteiger partial charge in [0, 0.05) is 0 Å². The van der Waals surface area contributed by atoms with Crippen molar-refractivity contribution in [2.45, 2.75) is 25.0 Å². The SMILES string of the molecule is C=CC[O][Ti]([CH3])([O]CC=C)[O]CCCC. The molecule has 0 unspecified atom stereocenters. The van der Waals surface area contributed by atoms with Crippen molar-refractivity contribution in [1.82, 2.24) is 0 Å². The molecule has 0 bridgehead atoms. The van der Waals surface area contributed by atoms with Crippen molar-refractivity contribution < 1.29 is 27.7 Å². The van der Waals surface area contributed by atoms with E-state index in [4.69, 9.17) is 9.96 Å². The average Bonchev–Trinajstić information content (AvgIpc) is 2.24. The van der Waals surface area contributed by atoms with E-state index in [0.29, 0.717) is 19.8 Å². The summed E-state index contributed by atoms with van der Waals surface area (Å²) in [5, 5.41) is 1.95. The summed E-state index contributed by atoms with van der Waals surface area (Å²) in [6.07, 6.45) is 5.57. The van der Waals surface area contributed by atoms with Gasteiger partial charge in [0.1, 0.15) is 0 Å². The van der Waals surface area contributed by atoms with Crippen LogP contribution in [0.3, 0.4) is 0 Å². The molecule has 0 radical (unpaired) electrons. The molecular formula is C11H22O3Ti. The second-order valence-electron chi connectivity index (χ2n) is 3.26. The fourth-order valence-electron chi connectivity index (χ4n) is 0.948. The van der Waals surface area contributed by atoms with Gasteiger partial charge >= 0.3 is 97.8 Å². The van der Waals surface area contributed by atoms with Crippen LogP contribution in [0.4, 0.5) is 0 Å². The van der Waals surface area contributed by atoms with Gasteiger partial charge in [-0.2, -0.15) is 0 Å². The van der Waals surface area contributed by atoms with Crippen LogP contribution < -0.4 is 0 Å². The predicted molar refractivity (Wildman–Crippen MR) is 59.0 cm³/mol. The van der Waals surface area contributed by atoms with Crippen LogP contribution in [0.15, 0.2) is 25.3 Å². The standard InChI is InChI=1S/C4H9O.2C3H5O.CH3.Ti/c1-2-3-4-5;2*1-2-3-4;;/h2-4H2,1H3;2*2H,1,3H2;1H3;/q3*-1;;+3. The van der Waals surface area contributed by atoms with Gasteiger partial charge in [-0.3, -0.25) is 0 Å². The van der Waals surface area contributed by atoms with E-state index in [1.165, 1.54) is 0 Å². The molecule has 0 aromatic carbocycles. The molecule has 3 nitrogen and oxygen atoms in total. The van der Waals surface area contributed by atoms with E-state index in [1.807, 2.05) is 5.23 Å². The fourth-order valence-corrected chi connectivity index (χ4v) is 3.46. The molecule has 0 saturated heterocycles. The van der Waals surface area contributed by atoms with E-state index < -0.39 is 17.8 Å². The second-order valence-corrected chi connectivity index (χ2v) is 7.31. The van der Waals surface area contributed by atoms with Crippen LogP contribution >= 0.6 is 0 Å². The zero-order chi connectivity index (χ0) is 11.6. The summed E-state index contributed by atoms with van der Waals surface area (Å²) in [6.45, 7) is 11.0. The number of hydrogen-bond donors (Lipinski definition) is 0. The Kier molecular flexibility index (Phi) is 9.36. The van der Waals surface area contributed by atoms with E-state index in [2.05, 4.69) is 20.1 Å². The quantitative estimate of drug-likeness (QED) is 0.338. The first-order valence-corrected chi connectivity index (χ1v) is 8.79. The average molecular weight is 250 g/mol. The van der Waals surface area contributed by atoms with Gasteiger partial charge in [0.05, 0.1) is 0 Å². The summed E-state index contributed by atoms with van der Waals surface area (Å²) in [4.78, 5) is 0. The van der Waals surface area contributed by atoms with Crippen molar-refractivity contribution in [3.63, 3.8) is 0 Å². The Morgan fingerprint density at radius 2 is 1.60 bits per heavy atom. The Labute approximate surface area is 97.9 Å². The van der Waals surface area contributed by atoms with Gasteiger partial charge in [-0.05, 0) is 0 Å². The molecule has 0 saturated carbocycles. The molecule has 0 aliphatic carbocycles. The molecule has 0 amide bonds. The first-order valence-electron chi connectivity index (χ1n) is 5.32. The molecule has 0 heterocycles. The van der Waals surface area contributed by atoms with Crippen LogP contribution in [0.5, 0.6) is 0 Å². The van der Waals surface area contributed by atoms with Gasteiger partial charge in [-0.15, -0.1) is 0 Å². The minimum atomic E-state index is -2.99. The molecule has 0 aliphatic heterocycles. The van der Waals surface area contributed by atoms with Crippen LogP contribution in [0, 0.1) is 0 Å². The van der Waals surface area contributed by atoms with Gasteiger partial charge in [0.25, 0.3) is 0 Å². The summed E-state index contributed by atoms with van der Waals surface area (Å²) in [6, 6.07) is 0. The number of unbranched alkanes of at least 4 members (excludes halogenated alkanes) is 1. The molecule has 4 heteroatoms. The molecule has 0 aromatic rings. The molecule has 0 N–H and O–H groups in total. The summed E-state index contributed by atoms with van der Waals surface area (Å²) in [5.74, 6) is 0. The van der Waals surface area contributed by atoms with Gasteiger partial charge < -0.3 is 0 Å². The summed E-state index contributed by atoms with van der Waals surface area (Å²) in [5.41, 5.74) is 0. The third kappa shape index (κ3) is 7.94. The molecular weight excluding hydrogens is 228 g/mol. The molecule has 0 rings (SSSR count). The zero-order valence-corrected chi connectivity index (χ0v) is 11.4. The van der Waals surface area contributed by atoms with E-state index >= 15 is 0 Å². The maximum atomic E-state index is 5.72. The second kappa shape index (κ2) is 9.31. The Morgan fingerprint density at radius 3 is 2.00 bits per heavy atom. The van der Waals surface area contributed by atoms with E-state index in [9.17, 15) is 0 Å². The van der Waals surface area contributed by atoms with Crippen LogP contribution in [-0.2, 0) is 27.7 Å². The topological polar surface area (TPSA) is 27.7 Å². The third-order valence-electron chi connectivity index (χ3n) is 1.79. The predicted octanol–water partition coefficient (Wildman–Crippen LogP) is 3.16. The van der Waals surface area contributed by atoms with E-state index in [0.717, 1.165) is 12.8 Å². The molecule has 0 spiro atoms. The van der Waals surface area contributed by atoms with Crippen molar-refractivity contribution in [2.24, 2.45) is 0 Å².